The Kier molecular flexibility index (Phi) is 3.17. The Morgan fingerprint density at radius 2 is 2.50 bits per heavy atom. The highest BCUT2D eigenvalue weighted by molar-refractivity contribution is 7.65. The zero-order chi connectivity index (χ0) is 4.99. The smallest absolute Gasteiger partial charge is 0.388 e. The molecule has 0 aromatic rings. The summed E-state index contributed by atoms with van der Waals surface area (Å²) in [5, 5.41) is 8.33. The molecule has 1 N–H and O–H groups in total. The number of rotatable bonds is 2. The molecule has 3 heteroatoms. The van der Waals surface area contributed by atoms with Crippen LogP contribution in [-0.2, 0) is 15.9 Å². The number of aliphatic hydroxyl groups is 1. The molecule has 2 nitrogen and oxygen atoms in total. The van der Waals surface area contributed by atoms with Crippen LogP contribution in [0.5, 0.6) is 0 Å². The third-order valence-electron chi connectivity index (χ3n) is 0.309. The summed E-state index contributed by atoms with van der Waals surface area (Å²) in [6, 6.07) is 0. The summed E-state index contributed by atoms with van der Waals surface area (Å²) in [6.45, 7) is 1.59. The molecular weight excluding hydrogens is 100 g/mol. The first-order valence-electron chi connectivity index (χ1n) is 1.70. The van der Waals surface area contributed by atoms with Crippen LogP contribution in [0.2, 0.25) is 0 Å². The minimum atomic E-state index is -0.451. The standard InChI is InChI=1S/C3H7O2S/c1-3(4)2-6-5/h3-4H,2H2,1H3/q+1. The second-order valence-corrected chi connectivity index (χ2v) is 1.70. The van der Waals surface area contributed by atoms with Crippen LogP contribution >= 0.6 is 0 Å². The maximum atomic E-state index is 9.50. The number of hydrogen-bond acceptors (Lipinski definition) is 2. The van der Waals surface area contributed by atoms with Gasteiger partial charge in [-0.05, 0) is 6.92 Å². The summed E-state index contributed by atoms with van der Waals surface area (Å²) < 4.78 is 9.50. The molecule has 0 bridgehead atoms. The zero-order valence-corrected chi connectivity index (χ0v) is 4.36. The topological polar surface area (TPSA) is 37.3 Å². The second-order valence-electron chi connectivity index (χ2n) is 1.13. The quantitative estimate of drug-likeness (QED) is 0.496. The van der Waals surface area contributed by atoms with Crippen LogP contribution in [0.15, 0.2) is 0 Å². The Bertz CT molecular complexity index is 44.1. The molecule has 0 aliphatic rings. The second kappa shape index (κ2) is 3.18. The maximum absolute atomic E-state index is 9.50. The van der Waals surface area contributed by atoms with Gasteiger partial charge in [0.15, 0.2) is 0 Å². The van der Waals surface area contributed by atoms with Crippen LogP contribution in [0.4, 0.5) is 0 Å². The van der Waals surface area contributed by atoms with Gasteiger partial charge in [0.2, 0.25) is 0 Å². The highest BCUT2D eigenvalue weighted by atomic mass is 32.1. The van der Waals surface area contributed by atoms with Crippen LogP contribution in [0.25, 0.3) is 0 Å². The van der Waals surface area contributed by atoms with Gasteiger partial charge in [0, 0.05) is 4.21 Å². The van der Waals surface area contributed by atoms with Crippen molar-refractivity contribution in [3.05, 3.63) is 0 Å². The van der Waals surface area contributed by atoms with E-state index in [9.17, 15) is 4.21 Å². The molecule has 1 unspecified atom stereocenters. The number of aliphatic hydroxyl groups excluding tert-OH is 1. The molecule has 0 aliphatic carbocycles. The summed E-state index contributed by atoms with van der Waals surface area (Å²) in [5.74, 6) is 0.292. The zero-order valence-electron chi connectivity index (χ0n) is 3.55. The van der Waals surface area contributed by atoms with E-state index in [2.05, 4.69) is 0 Å². The van der Waals surface area contributed by atoms with Gasteiger partial charge in [-0.1, -0.05) is 0 Å². The van der Waals surface area contributed by atoms with Crippen molar-refractivity contribution in [2.24, 2.45) is 0 Å². The van der Waals surface area contributed by atoms with Gasteiger partial charge < -0.3 is 5.11 Å². The molecule has 0 aromatic heterocycles. The van der Waals surface area contributed by atoms with Crippen molar-refractivity contribution in [2.75, 3.05) is 5.75 Å². The molecule has 0 spiro atoms. The van der Waals surface area contributed by atoms with Crippen molar-refractivity contribution < 1.29 is 9.32 Å². The van der Waals surface area contributed by atoms with Gasteiger partial charge in [0.25, 0.3) is 5.75 Å². The monoisotopic (exact) mass is 107 g/mol. The summed E-state index contributed by atoms with van der Waals surface area (Å²) in [6.07, 6.45) is -0.451. The first-order valence-corrected chi connectivity index (χ1v) is 2.61. The minimum Gasteiger partial charge on any atom is -0.388 e. The Morgan fingerprint density at radius 3 is 2.50 bits per heavy atom. The fraction of sp³-hybridized carbons (Fsp3) is 1.00. The van der Waals surface area contributed by atoms with Crippen LogP contribution in [0, 0.1) is 0 Å². The van der Waals surface area contributed by atoms with Crippen molar-refractivity contribution in [1.29, 1.82) is 0 Å². The van der Waals surface area contributed by atoms with E-state index in [0.29, 0.717) is 17.4 Å². The van der Waals surface area contributed by atoms with E-state index in [0.717, 1.165) is 0 Å². The van der Waals surface area contributed by atoms with Gasteiger partial charge in [0.05, 0.1) is 0 Å². The molecule has 0 saturated heterocycles. The van der Waals surface area contributed by atoms with Crippen LogP contribution < -0.4 is 0 Å². The fourth-order valence-electron chi connectivity index (χ4n) is 0.0985. The first-order chi connectivity index (χ1) is 2.77. The lowest BCUT2D eigenvalue weighted by Crippen LogP contribution is -2.03. The van der Waals surface area contributed by atoms with Gasteiger partial charge in [0.1, 0.15) is 6.10 Å². The van der Waals surface area contributed by atoms with Crippen molar-refractivity contribution in [3.63, 3.8) is 0 Å². The van der Waals surface area contributed by atoms with E-state index in [-0.39, 0.29) is 0 Å². The third kappa shape index (κ3) is 3.98. The fourth-order valence-corrected chi connectivity index (χ4v) is 0.295. The van der Waals surface area contributed by atoms with Gasteiger partial charge in [-0.25, -0.2) is 0 Å². The van der Waals surface area contributed by atoms with Gasteiger partial charge in [-0.2, -0.15) is 0 Å². The Balaban J connectivity index is 2.81. The molecule has 0 aliphatic heterocycles. The molecule has 0 aromatic carbocycles. The van der Waals surface area contributed by atoms with Crippen LogP contribution in [0.3, 0.4) is 0 Å². The van der Waals surface area contributed by atoms with Gasteiger partial charge in [-0.3, -0.25) is 0 Å². The molecule has 0 heterocycles. The lowest BCUT2D eigenvalue weighted by molar-refractivity contribution is 0.220. The molecule has 0 saturated carbocycles. The lowest BCUT2D eigenvalue weighted by Gasteiger charge is -1.80. The first kappa shape index (κ1) is 5.98. The molecule has 0 radical (unpaired) electrons. The average Bonchev–Trinajstić information content (AvgIpc) is 1.35. The average molecular weight is 107 g/mol. The predicted octanol–water partition coefficient (Wildman–Crippen LogP) is -0.205. The Hall–Kier alpha value is -0.0200. The predicted molar refractivity (Wildman–Crippen MR) is 24.6 cm³/mol. The highest BCUT2D eigenvalue weighted by Gasteiger charge is 2.02. The van der Waals surface area contributed by atoms with Crippen LogP contribution in [-0.4, -0.2) is 17.0 Å². The lowest BCUT2D eigenvalue weighted by atomic mass is 10.5. The Morgan fingerprint density at radius 1 is 2.00 bits per heavy atom. The van der Waals surface area contributed by atoms with Gasteiger partial charge >= 0.3 is 11.7 Å². The summed E-state index contributed by atoms with van der Waals surface area (Å²) in [7, 11) is 0. The van der Waals surface area contributed by atoms with Crippen LogP contribution in [0.1, 0.15) is 6.92 Å². The normalized spacial score (nSPS) is 13.7. The minimum absolute atomic E-state index is 0.292. The van der Waals surface area contributed by atoms with Crippen molar-refractivity contribution in [1.82, 2.24) is 0 Å². The molecule has 0 fully saturated rings. The van der Waals surface area contributed by atoms with E-state index < -0.39 is 6.10 Å². The molecular formula is C3H7O2S+. The van der Waals surface area contributed by atoms with E-state index in [1.54, 1.807) is 6.92 Å². The SMILES string of the molecule is CC(O)C[S+]=O. The summed E-state index contributed by atoms with van der Waals surface area (Å²) >= 11 is 0.410. The van der Waals surface area contributed by atoms with Crippen molar-refractivity contribution >= 4 is 11.7 Å². The largest absolute Gasteiger partial charge is 0.461 e. The van der Waals surface area contributed by atoms with E-state index in [4.69, 9.17) is 5.11 Å². The Labute approximate surface area is 40.7 Å². The van der Waals surface area contributed by atoms with E-state index >= 15 is 0 Å². The van der Waals surface area contributed by atoms with Gasteiger partial charge in [-0.15, -0.1) is 0 Å². The van der Waals surface area contributed by atoms with Crippen molar-refractivity contribution in [3.8, 4) is 0 Å². The summed E-state index contributed by atoms with van der Waals surface area (Å²) in [4.78, 5) is 0. The molecule has 0 amide bonds. The molecule has 36 valence electrons. The van der Waals surface area contributed by atoms with Crippen molar-refractivity contribution in [2.45, 2.75) is 13.0 Å². The molecule has 6 heavy (non-hydrogen) atoms. The maximum Gasteiger partial charge on any atom is 0.461 e. The highest BCUT2D eigenvalue weighted by Crippen LogP contribution is 1.73. The van der Waals surface area contributed by atoms with E-state index in [1.807, 2.05) is 0 Å². The number of hydrogen-bond donors (Lipinski definition) is 1. The third-order valence-corrected chi connectivity index (χ3v) is 0.928. The van der Waals surface area contributed by atoms with E-state index in [1.165, 1.54) is 0 Å². The summed E-state index contributed by atoms with van der Waals surface area (Å²) in [5.41, 5.74) is 0. The molecule has 1 atom stereocenters. The molecule has 0 rings (SSSR count).